The van der Waals surface area contributed by atoms with Gasteiger partial charge < -0.3 is 10.0 Å². The van der Waals surface area contributed by atoms with Crippen molar-refractivity contribution in [3.05, 3.63) is 0 Å². The van der Waals surface area contributed by atoms with Crippen molar-refractivity contribution in [1.82, 2.24) is 4.90 Å². The van der Waals surface area contributed by atoms with Crippen LogP contribution in [0, 0.1) is 0 Å². The molecule has 2 unspecified atom stereocenters. The molecule has 0 radical (unpaired) electrons. The van der Waals surface area contributed by atoms with Crippen molar-refractivity contribution >= 4 is 0 Å². The first kappa shape index (κ1) is 13.9. The molecule has 2 atom stereocenters. The normalized spacial score (nSPS) is 18.2. The molecule has 0 aromatic rings. The molecular formula is C12H27NO. The van der Waals surface area contributed by atoms with Crippen molar-refractivity contribution < 1.29 is 5.11 Å². The van der Waals surface area contributed by atoms with Gasteiger partial charge in [0.05, 0.1) is 6.10 Å². The molecule has 2 heteroatoms. The minimum Gasteiger partial charge on any atom is -0.391 e. The van der Waals surface area contributed by atoms with Crippen LogP contribution in [0.3, 0.4) is 0 Å². The molecule has 86 valence electrons. The number of aliphatic hydroxyl groups excluding tert-OH is 1. The topological polar surface area (TPSA) is 23.5 Å². The Morgan fingerprint density at radius 1 is 1.21 bits per heavy atom. The number of nitrogens with zero attached hydrogens (tertiary/aromatic N) is 1. The van der Waals surface area contributed by atoms with Gasteiger partial charge in [0, 0.05) is 5.54 Å². The molecule has 0 fully saturated rings. The highest BCUT2D eigenvalue weighted by molar-refractivity contribution is 4.88. The Labute approximate surface area is 89.3 Å². The first-order chi connectivity index (χ1) is 6.49. The summed E-state index contributed by atoms with van der Waals surface area (Å²) in [7, 11) is 4.10. The third kappa shape index (κ3) is 3.58. The van der Waals surface area contributed by atoms with Gasteiger partial charge in [0.1, 0.15) is 0 Å². The summed E-state index contributed by atoms with van der Waals surface area (Å²) >= 11 is 0. The van der Waals surface area contributed by atoms with E-state index in [2.05, 4.69) is 25.7 Å². The lowest BCUT2D eigenvalue weighted by Crippen LogP contribution is -2.50. The molecule has 0 aromatic carbocycles. The largest absolute Gasteiger partial charge is 0.391 e. The Balaban J connectivity index is 4.10. The number of likely N-dealkylation sites (N-methyl/N-ethyl adjacent to an activating group) is 1. The summed E-state index contributed by atoms with van der Waals surface area (Å²) in [5, 5.41) is 10.1. The second kappa shape index (κ2) is 6.41. The fraction of sp³-hybridized carbons (Fsp3) is 1.00. The quantitative estimate of drug-likeness (QED) is 0.640. The third-order valence-corrected chi connectivity index (χ3v) is 3.54. The summed E-state index contributed by atoms with van der Waals surface area (Å²) in [6.07, 6.45) is 5.31. The molecule has 0 rings (SSSR count). The summed E-state index contributed by atoms with van der Waals surface area (Å²) in [5.41, 5.74) is -0.0618. The van der Waals surface area contributed by atoms with E-state index in [1.807, 2.05) is 14.1 Å². The first-order valence-corrected chi connectivity index (χ1v) is 5.84. The van der Waals surface area contributed by atoms with Gasteiger partial charge in [-0.3, -0.25) is 0 Å². The minimum atomic E-state index is -0.200. The van der Waals surface area contributed by atoms with E-state index in [-0.39, 0.29) is 11.6 Å². The van der Waals surface area contributed by atoms with E-state index in [1.54, 1.807) is 0 Å². The predicted octanol–water partition coefficient (Wildman–Crippen LogP) is 2.66. The van der Waals surface area contributed by atoms with Crippen molar-refractivity contribution in [1.29, 1.82) is 0 Å². The van der Waals surface area contributed by atoms with Crippen LogP contribution in [0.4, 0.5) is 0 Å². The lowest BCUT2D eigenvalue weighted by atomic mass is 9.87. The van der Waals surface area contributed by atoms with Crippen LogP contribution in [0.5, 0.6) is 0 Å². The van der Waals surface area contributed by atoms with Crippen LogP contribution in [0.25, 0.3) is 0 Å². The van der Waals surface area contributed by atoms with Crippen molar-refractivity contribution in [2.24, 2.45) is 0 Å². The average Bonchev–Trinajstić information content (AvgIpc) is 2.16. The number of rotatable bonds is 7. The Bertz CT molecular complexity index is 147. The maximum absolute atomic E-state index is 10.1. The Kier molecular flexibility index (Phi) is 6.38. The fourth-order valence-electron chi connectivity index (χ4n) is 1.75. The van der Waals surface area contributed by atoms with E-state index >= 15 is 0 Å². The van der Waals surface area contributed by atoms with E-state index in [0.29, 0.717) is 0 Å². The zero-order valence-corrected chi connectivity index (χ0v) is 10.5. The van der Waals surface area contributed by atoms with Crippen molar-refractivity contribution in [2.45, 2.75) is 64.5 Å². The molecule has 0 heterocycles. The van der Waals surface area contributed by atoms with Gasteiger partial charge in [-0.05, 0) is 33.9 Å². The summed E-state index contributed by atoms with van der Waals surface area (Å²) < 4.78 is 0. The SMILES string of the molecule is CCCCCC(O)C(C)(CC)N(C)C. The lowest BCUT2D eigenvalue weighted by molar-refractivity contribution is -0.00372. The van der Waals surface area contributed by atoms with Crippen LogP contribution in [-0.2, 0) is 0 Å². The molecule has 0 saturated heterocycles. The molecule has 14 heavy (non-hydrogen) atoms. The summed E-state index contributed by atoms with van der Waals surface area (Å²) in [4.78, 5) is 2.14. The predicted molar refractivity (Wildman–Crippen MR) is 62.5 cm³/mol. The Morgan fingerprint density at radius 2 is 1.79 bits per heavy atom. The molecule has 0 amide bonds. The zero-order chi connectivity index (χ0) is 11.2. The number of hydrogen-bond acceptors (Lipinski definition) is 2. The molecule has 0 aliphatic carbocycles. The van der Waals surface area contributed by atoms with E-state index in [1.165, 1.54) is 12.8 Å². The van der Waals surface area contributed by atoms with Gasteiger partial charge >= 0.3 is 0 Å². The monoisotopic (exact) mass is 201 g/mol. The molecule has 0 saturated carbocycles. The van der Waals surface area contributed by atoms with Crippen LogP contribution in [0.2, 0.25) is 0 Å². The lowest BCUT2D eigenvalue weighted by Gasteiger charge is -2.40. The summed E-state index contributed by atoms with van der Waals surface area (Å²) in [6, 6.07) is 0. The van der Waals surface area contributed by atoms with Crippen LogP contribution in [0.1, 0.15) is 52.9 Å². The molecule has 1 N–H and O–H groups in total. The number of unbranched alkanes of at least 4 members (excludes halogenated alkanes) is 2. The molecule has 0 bridgehead atoms. The van der Waals surface area contributed by atoms with Crippen LogP contribution in [-0.4, -0.2) is 35.7 Å². The van der Waals surface area contributed by atoms with E-state index in [4.69, 9.17) is 0 Å². The number of aliphatic hydroxyl groups is 1. The van der Waals surface area contributed by atoms with Gasteiger partial charge in [-0.25, -0.2) is 0 Å². The van der Waals surface area contributed by atoms with Crippen molar-refractivity contribution in [3.8, 4) is 0 Å². The summed E-state index contributed by atoms with van der Waals surface area (Å²) in [5.74, 6) is 0. The Hall–Kier alpha value is -0.0800. The zero-order valence-electron chi connectivity index (χ0n) is 10.5. The maximum Gasteiger partial charge on any atom is 0.0720 e. The second-order valence-electron chi connectivity index (χ2n) is 4.62. The maximum atomic E-state index is 10.1. The molecule has 0 spiro atoms. The van der Waals surface area contributed by atoms with Crippen molar-refractivity contribution in [2.75, 3.05) is 14.1 Å². The molecule has 0 aliphatic heterocycles. The summed E-state index contributed by atoms with van der Waals surface area (Å²) in [6.45, 7) is 6.48. The smallest absolute Gasteiger partial charge is 0.0720 e. The van der Waals surface area contributed by atoms with Crippen LogP contribution in [0.15, 0.2) is 0 Å². The van der Waals surface area contributed by atoms with Gasteiger partial charge in [0.15, 0.2) is 0 Å². The van der Waals surface area contributed by atoms with E-state index in [9.17, 15) is 5.11 Å². The third-order valence-electron chi connectivity index (χ3n) is 3.54. The molecule has 2 nitrogen and oxygen atoms in total. The van der Waals surface area contributed by atoms with Gasteiger partial charge in [-0.2, -0.15) is 0 Å². The fourth-order valence-corrected chi connectivity index (χ4v) is 1.75. The van der Waals surface area contributed by atoms with Gasteiger partial charge in [0.25, 0.3) is 0 Å². The first-order valence-electron chi connectivity index (χ1n) is 5.84. The van der Waals surface area contributed by atoms with Crippen molar-refractivity contribution in [3.63, 3.8) is 0 Å². The standard InChI is InChI=1S/C12H27NO/c1-6-8-9-10-11(14)12(3,7-2)13(4)5/h11,14H,6-10H2,1-5H3. The average molecular weight is 201 g/mol. The molecule has 0 aliphatic rings. The molecule has 0 aromatic heterocycles. The second-order valence-corrected chi connectivity index (χ2v) is 4.62. The highest BCUT2D eigenvalue weighted by Crippen LogP contribution is 2.24. The Morgan fingerprint density at radius 3 is 2.14 bits per heavy atom. The highest BCUT2D eigenvalue weighted by Gasteiger charge is 2.32. The van der Waals surface area contributed by atoms with E-state index in [0.717, 1.165) is 19.3 Å². The van der Waals surface area contributed by atoms with Gasteiger partial charge in [0.2, 0.25) is 0 Å². The molecular weight excluding hydrogens is 174 g/mol. The number of hydrogen-bond donors (Lipinski definition) is 1. The van der Waals surface area contributed by atoms with Crippen LogP contribution >= 0.6 is 0 Å². The van der Waals surface area contributed by atoms with Gasteiger partial charge in [-0.15, -0.1) is 0 Å². The van der Waals surface area contributed by atoms with Gasteiger partial charge in [-0.1, -0.05) is 33.1 Å². The minimum absolute atomic E-state index is 0.0618. The van der Waals surface area contributed by atoms with E-state index < -0.39 is 0 Å². The highest BCUT2D eigenvalue weighted by atomic mass is 16.3. The van der Waals surface area contributed by atoms with Crippen LogP contribution < -0.4 is 0 Å².